The molecule has 6 nitrogen and oxygen atoms in total. The van der Waals surface area contributed by atoms with E-state index in [1.165, 1.54) is 0 Å². The largest absolute Gasteiger partial charge is 0.355 e. The quantitative estimate of drug-likeness (QED) is 0.272. The first kappa shape index (κ1) is 18.6. The first-order chi connectivity index (χ1) is 12.9. The Morgan fingerprint density at radius 2 is 2.00 bits per heavy atom. The Balaban J connectivity index is 2.05. The number of carbonyl (C=O) groups is 1. The highest BCUT2D eigenvalue weighted by atomic mass is 16.6. The summed E-state index contributed by atoms with van der Waals surface area (Å²) in [6.45, 7) is 9.84. The van der Waals surface area contributed by atoms with E-state index in [1.54, 1.807) is 0 Å². The molecule has 3 aromatic rings. The molecule has 27 heavy (non-hydrogen) atoms. The lowest BCUT2D eigenvalue weighted by atomic mass is 10.1. The number of benzene rings is 1. The molecule has 3 rings (SSSR count). The number of rotatable bonds is 6. The van der Waals surface area contributed by atoms with Crippen molar-refractivity contribution in [1.82, 2.24) is 15.0 Å². The number of aromatic amines is 2. The van der Waals surface area contributed by atoms with Crippen molar-refractivity contribution in [3.05, 3.63) is 47.1 Å². The summed E-state index contributed by atoms with van der Waals surface area (Å²) in [4.78, 5) is 27.4. The van der Waals surface area contributed by atoms with Crippen LogP contribution in [0.3, 0.4) is 0 Å². The maximum atomic E-state index is 11.0. The molecule has 0 bridgehead atoms. The van der Waals surface area contributed by atoms with Crippen LogP contribution in [-0.2, 0) is 4.84 Å². The summed E-state index contributed by atoms with van der Waals surface area (Å²) in [5, 5.41) is 5.16. The van der Waals surface area contributed by atoms with Gasteiger partial charge in [-0.1, -0.05) is 18.1 Å². The van der Waals surface area contributed by atoms with Crippen LogP contribution in [0.1, 0.15) is 56.1 Å². The highest BCUT2D eigenvalue weighted by Gasteiger charge is 2.14. The minimum Gasteiger partial charge on any atom is -0.355 e. The zero-order valence-electron chi connectivity index (χ0n) is 16.3. The number of aromatic nitrogens is 3. The monoisotopic (exact) mass is 364 g/mol. The molecule has 0 atom stereocenters. The zero-order chi connectivity index (χ0) is 19.6. The summed E-state index contributed by atoms with van der Waals surface area (Å²) >= 11 is 0. The van der Waals surface area contributed by atoms with E-state index in [-0.39, 0.29) is 0 Å². The molecule has 0 aliphatic rings. The van der Waals surface area contributed by atoms with Crippen LogP contribution in [0.15, 0.2) is 35.0 Å². The first-order valence-corrected chi connectivity index (χ1v) is 8.96. The number of nitrogens with one attached hydrogen (secondary N) is 2. The Bertz CT molecular complexity index is 1050. The second-order valence-corrected chi connectivity index (χ2v) is 6.79. The number of hydrogen-bond donors (Lipinski definition) is 2. The molecule has 0 fully saturated rings. The van der Waals surface area contributed by atoms with Crippen molar-refractivity contribution < 1.29 is 9.63 Å². The van der Waals surface area contributed by atoms with E-state index in [9.17, 15) is 4.79 Å². The Morgan fingerprint density at radius 1 is 1.22 bits per heavy atom. The van der Waals surface area contributed by atoms with Gasteiger partial charge in [-0.05, 0) is 57.9 Å². The molecular formula is C21H24N4O2. The van der Waals surface area contributed by atoms with Gasteiger partial charge in [0.2, 0.25) is 0 Å². The fourth-order valence-electron chi connectivity index (χ4n) is 2.88. The maximum Gasteiger partial charge on any atom is 0.185 e. The number of allylic oxidation sites excluding steroid dienone is 1. The number of imidazole rings is 1. The van der Waals surface area contributed by atoms with E-state index in [4.69, 9.17) is 4.84 Å². The summed E-state index contributed by atoms with van der Waals surface area (Å²) in [5.41, 5.74) is 6.46. The minimum atomic E-state index is 0.336. The number of nitrogens with zero attached hydrogens (tertiary/aromatic N) is 2. The van der Waals surface area contributed by atoms with E-state index in [0.29, 0.717) is 5.82 Å². The summed E-state index contributed by atoms with van der Waals surface area (Å²) in [5.74, 6) is 1.08. The van der Waals surface area contributed by atoms with Crippen LogP contribution in [0, 0.1) is 6.92 Å². The lowest BCUT2D eigenvalue weighted by Crippen LogP contribution is -1.93. The van der Waals surface area contributed by atoms with Crippen molar-refractivity contribution in [2.75, 3.05) is 0 Å². The highest BCUT2D eigenvalue weighted by Crippen LogP contribution is 2.29. The Kier molecular flexibility index (Phi) is 5.26. The third kappa shape index (κ3) is 3.84. The van der Waals surface area contributed by atoms with Gasteiger partial charge in [-0.15, -0.1) is 0 Å². The molecule has 0 aliphatic carbocycles. The third-order valence-corrected chi connectivity index (χ3v) is 4.39. The van der Waals surface area contributed by atoms with Gasteiger partial charge in [0, 0.05) is 22.2 Å². The van der Waals surface area contributed by atoms with E-state index < -0.39 is 0 Å². The molecule has 0 unspecified atom stereocenters. The molecule has 0 radical (unpaired) electrons. The van der Waals surface area contributed by atoms with Gasteiger partial charge in [0.05, 0.1) is 17.1 Å². The number of hydrogen-bond acceptors (Lipinski definition) is 4. The molecule has 140 valence electrons. The second-order valence-electron chi connectivity index (χ2n) is 6.79. The second kappa shape index (κ2) is 7.61. The van der Waals surface area contributed by atoms with Crippen LogP contribution < -0.4 is 0 Å². The van der Waals surface area contributed by atoms with Gasteiger partial charge in [0.25, 0.3) is 0 Å². The number of aryl methyl sites for hydroxylation is 1. The predicted molar refractivity (Wildman–Crippen MR) is 109 cm³/mol. The Hall–Kier alpha value is -3.15. The van der Waals surface area contributed by atoms with Gasteiger partial charge in [-0.25, -0.2) is 4.98 Å². The van der Waals surface area contributed by atoms with Crippen molar-refractivity contribution in [2.45, 2.75) is 41.0 Å². The fraction of sp³-hybridized carbons (Fsp3) is 0.286. The number of H-pyrrole nitrogens is 2. The number of oxime groups is 1. The fourth-order valence-corrected chi connectivity index (χ4v) is 2.88. The van der Waals surface area contributed by atoms with Crippen molar-refractivity contribution in [1.29, 1.82) is 0 Å². The molecule has 0 amide bonds. The number of carbonyl (C=O) groups excluding carboxylic acids is 1. The first-order valence-electron chi connectivity index (χ1n) is 8.96. The van der Waals surface area contributed by atoms with Crippen LogP contribution in [0.5, 0.6) is 0 Å². The maximum absolute atomic E-state index is 11.0. The van der Waals surface area contributed by atoms with Crippen molar-refractivity contribution in [2.24, 2.45) is 5.16 Å². The normalized spacial score (nSPS) is 12.0. The molecule has 2 aromatic heterocycles. The highest BCUT2D eigenvalue weighted by molar-refractivity contribution is 5.88. The molecule has 2 N–H and O–H groups in total. The van der Waals surface area contributed by atoms with E-state index in [2.05, 4.69) is 39.2 Å². The number of fused-ring (bicyclic) bond motifs is 1. The average molecular weight is 364 g/mol. The van der Waals surface area contributed by atoms with Gasteiger partial charge in [0.15, 0.2) is 17.9 Å². The van der Waals surface area contributed by atoms with E-state index >= 15 is 0 Å². The van der Waals surface area contributed by atoms with Gasteiger partial charge >= 0.3 is 0 Å². The van der Waals surface area contributed by atoms with Crippen LogP contribution in [-0.4, -0.2) is 26.9 Å². The van der Waals surface area contributed by atoms with Crippen LogP contribution in [0.2, 0.25) is 0 Å². The SMILES string of the molecule is CCC(C)=C(ON=C(C)C)c1cc2cc(-c3nc(C=O)[nH]c3C)ccc2[nH]1. The molecular weight excluding hydrogens is 340 g/mol. The number of aldehydes is 1. The topological polar surface area (TPSA) is 83.1 Å². The Labute approximate surface area is 158 Å². The molecule has 0 saturated heterocycles. The lowest BCUT2D eigenvalue weighted by molar-refractivity contribution is 0.111. The van der Waals surface area contributed by atoms with Crippen LogP contribution in [0.4, 0.5) is 0 Å². The third-order valence-electron chi connectivity index (χ3n) is 4.39. The smallest absolute Gasteiger partial charge is 0.185 e. The summed E-state index contributed by atoms with van der Waals surface area (Å²) in [6, 6.07) is 8.11. The summed E-state index contributed by atoms with van der Waals surface area (Å²) < 4.78 is 0. The van der Waals surface area contributed by atoms with Crippen LogP contribution in [0.25, 0.3) is 27.9 Å². The van der Waals surface area contributed by atoms with Crippen LogP contribution >= 0.6 is 0 Å². The molecule has 6 heteroatoms. The Morgan fingerprint density at radius 3 is 2.63 bits per heavy atom. The molecule has 1 aromatic carbocycles. The zero-order valence-corrected chi connectivity index (χ0v) is 16.3. The molecule has 0 aliphatic heterocycles. The molecule has 0 saturated carbocycles. The lowest BCUT2D eigenvalue weighted by Gasteiger charge is -2.07. The minimum absolute atomic E-state index is 0.336. The van der Waals surface area contributed by atoms with Crippen molar-refractivity contribution in [3.63, 3.8) is 0 Å². The van der Waals surface area contributed by atoms with Gasteiger partial charge < -0.3 is 14.8 Å². The van der Waals surface area contributed by atoms with Crippen molar-refractivity contribution in [3.8, 4) is 11.3 Å². The standard InChI is InChI=1S/C21H24N4O2/c1-6-13(4)21(27-25-12(2)3)18-10-16-9-15(7-8-17(16)23-18)20-14(5)22-19(11-26)24-20/h7-11,23H,6H2,1-5H3,(H,22,24). The summed E-state index contributed by atoms with van der Waals surface area (Å²) in [7, 11) is 0. The van der Waals surface area contributed by atoms with E-state index in [0.717, 1.165) is 63.3 Å². The summed E-state index contributed by atoms with van der Waals surface area (Å²) in [6.07, 6.45) is 1.59. The van der Waals surface area contributed by atoms with E-state index in [1.807, 2.05) is 39.8 Å². The van der Waals surface area contributed by atoms with Gasteiger partial charge in [-0.2, -0.15) is 0 Å². The molecule has 2 heterocycles. The van der Waals surface area contributed by atoms with Gasteiger partial charge in [-0.3, -0.25) is 4.79 Å². The molecule has 0 spiro atoms. The van der Waals surface area contributed by atoms with Crippen molar-refractivity contribution >= 4 is 28.7 Å². The average Bonchev–Trinajstić information content (AvgIpc) is 3.23. The van der Waals surface area contributed by atoms with Gasteiger partial charge in [0.1, 0.15) is 0 Å². The predicted octanol–water partition coefficient (Wildman–Crippen LogP) is 5.23.